The van der Waals surface area contributed by atoms with Crippen molar-refractivity contribution in [2.75, 3.05) is 6.61 Å². The van der Waals surface area contributed by atoms with Crippen molar-refractivity contribution in [1.82, 2.24) is 4.98 Å². The maximum absolute atomic E-state index is 6.15. The first-order valence-corrected chi connectivity index (χ1v) is 7.65. The lowest BCUT2D eigenvalue weighted by Gasteiger charge is -2.12. The molecule has 2 nitrogen and oxygen atoms in total. The largest absolute Gasteiger partial charge is 0.491 e. The van der Waals surface area contributed by atoms with Crippen LogP contribution in [0.4, 0.5) is 0 Å². The lowest BCUT2D eigenvalue weighted by Crippen LogP contribution is -2.04. The maximum Gasteiger partial charge on any atom is 0.142 e. The van der Waals surface area contributed by atoms with E-state index in [4.69, 9.17) is 27.9 Å². The zero-order valence-corrected chi connectivity index (χ0v) is 13.2. The fourth-order valence-corrected chi connectivity index (χ4v) is 2.68. The van der Waals surface area contributed by atoms with Gasteiger partial charge in [0.05, 0.1) is 11.6 Å². The number of rotatable bonds is 5. The van der Waals surface area contributed by atoms with E-state index in [1.54, 1.807) is 12.3 Å². The van der Waals surface area contributed by atoms with Gasteiger partial charge in [0.1, 0.15) is 5.75 Å². The van der Waals surface area contributed by atoms with Crippen LogP contribution in [0.15, 0.2) is 36.5 Å². The fraction of sp³-hybridized carbons (Fsp3) is 0.214. The Morgan fingerprint density at radius 1 is 1.21 bits per heavy atom. The Balaban J connectivity index is 2.03. The Morgan fingerprint density at radius 2 is 2.05 bits per heavy atom. The summed E-state index contributed by atoms with van der Waals surface area (Å²) in [6, 6.07) is 9.35. The van der Waals surface area contributed by atoms with E-state index in [1.807, 2.05) is 24.3 Å². The molecule has 0 saturated carbocycles. The molecule has 0 atom stereocenters. The molecular formula is C14H12BrCl2NO. The smallest absolute Gasteiger partial charge is 0.142 e. The van der Waals surface area contributed by atoms with Crippen LogP contribution < -0.4 is 4.74 Å². The Hall–Kier alpha value is -0.770. The Bertz CT molecular complexity index is 549. The highest BCUT2D eigenvalue weighted by Crippen LogP contribution is 2.33. The van der Waals surface area contributed by atoms with Gasteiger partial charge in [-0.25, -0.2) is 0 Å². The monoisotopic (exact) mass is 359 g/mol. The van der Waals surface area contributed by atoms with Crippen molar-refractivity contribution < 1.29 is 4.74 Å². The van der Waals surface area contributed by atoms with Gasteiger partial charge in [-0.05, 0) is 24.3 Å². The molecule has 0 unspecified atom stereocenters. The van der Waals surface area contributed by atoms with Gasteiger partial charge in [0.2, 0.25) is 0 Å². The summed E-state index contributed by atoms with van der Waals surface area (Å²) in [5.41, 5.74) is 1.94. The molecule has 0 aliphatic carbocycles. The van der Waals surface area contributed by atoms with Crippen LogP contribution >= 0.6 is 39.1 Å². The Morgan fingerprint density at radius 3 is 2.74 bits per heavy atom. The molecule has 0 amide bonds. The summed E-state index contributed by atoms with van der Waals surface area (Å²) < 4.78 is 5.76. The van der Waals surface area contributed by atoms with E-state index in [0.717, 1.165) is 17.7 Å². The quantitative estimate of drug-likeness (QED) is 0.707. The van der Waals surface area contributed by atoms with Crippen molar-refractivity contribution in [3.05, 3.63) is 57.8 Å². The highest BCUT2D eigenvalue weighted by atomic mass is 79.9. The molecule has 0 radical (unpaired) electrons. The summed E-state index contributed by atoms with van der Waals surface area (Å²) in [5.74, 6) is 0.680. The zero-order chi connectivity index (χ0) is 13.7. The summed E-state index contributed by atoms with van der Waals surface area (Å²) >= 11 is 15.5. The molecule has 100 valence electrons. The van der Waals surface area contributed by atoms with Gasteiger partial charge in [0, 0.05) is 34.2 Å². The third kappa shape index (κ3) is 4.10. The summed E-state index contributed by atoms with van der Waals surface area (Å²) in [4.78, 5) is 4.25. The number of aromatic nitrogens is 1. The molecule has 2 aromatic rings. The fourth-order valence-electron chi connectivity index (χ4n) is 1.68. The highest BCUT2D eigenvalue weighted by Gasteiger charge is 2.10. The van der Waals surface area contributed by atoms with Crippen LogP contribution in [0, 0.1) is 0 Å². The minimum absolute atomic E-state index is 0.526. The normalized spacial score (nSPS) is 10.5. The van der Waals surface area contributed by atoms with E-state index in [-0.39, 0.29) is 0 Å². The number of nitrogens with zero attached hydrogens (tertiary/aromatic N) is 1. The standard InChI is InChI=1S/C14H12BrCl2NO/c15-9-10-7-11(16)8-13(17)14(10)19-6-4-12-3-1-2-5-18-12/h1-3,5,7-8H,4,6,9H2. The van der Waals surface area contributed by atoms with Crippen molar-refractivity contribution in [2.24, 2.45) is 0 Å². The van der Waals surface area contributed by atoms with E-state index < -0.39 is 0 Å². The second-order valence-corrected chi connectivity index (χ2v) is 5.33. The van der Waals surface area contributed by atoms with Gasteiger partial charge in [-0.3, -0.25) is 4.98 Å². The van der Waals surface area contributed by atoms with Crippen LogP contribution in [-0.4, -0.2) is 11.6 Å². The molecule has 0 fully saturated rings. The predicted molar refractivity (Wildman–Crippen MR) is 82.5 cm³/mol. The van der Waals surface area contributed by atoms with Gasteiger partial charge in [0.15, 0.2) is 0 Å². The topological polar surface area (TPSA) is 22.1 Å². The summed E-state index contributed by atoms with van der Waals surface area (Å²) in [5, 5.41) is 1.78. The molecule has 5 heteroatoms. The van der Waals surface area contributed by atoms with Crippen molar-refractivity contribution in [1.29, 1.82) is 0 Å². The van der Waals surface area contributed by atoms with Crippen LogP contribution in [0.25, 0.3) is 0 Å². The van der Waals surface area contributed by atoms with Gasteiger partial charge in [0.25, 0.3) is 0 Å². The van der Waals surface area contributed by atoms with Crippen LogP contribution in [0.1, 0.15) is 11.3 Å². The first-order chi connectivity index (χ1) is 9.20. The predicted octanol–water partition coefficient (Wildman–Crippen LogP) is 4.90. The average molecular weight is 361 g/mol. The molecule has 0 aliphatic rings. The summed E-state index contributed by atoms with van der Waals surface area (Å²) in [6.45, 7) is 0.526. The van der Waals surface area contributed by atoms with Crippen molar-refractivity contribution >= 4 is 39.1 Å². The van der Waals surface area contributed by atoms with Crippen LogP contribution in [0.2, 0.25) is 10.0 Å². The molecule has 1 aromatic carbocycles. The second-order valence-electron chi connectivity index (χ2n) is 3.93. The third-order valence-corrected chi connectivity index (χ3v) is 3.66. The van der Waals surface area contributed by atoms with E-state index in [0.29, 0.717) is 27.7 Å². The molecule has 2 rings (SSSR count). The Labute approximate surface area is 130 Å². The van der Waals surface area contributed by atoms with Gasteiger partial charge >= 0.3 is 0 Å². The van der Waals surface area contributed by atoms with Gasteiger partial charge < -0.3 is 4.74 Å². The van der Waals surface area contributed by atoms with Crippen LogP contribution in [0.3, 0.4) is 0 Å². The van der Waals surface area contributed by atoms with Crippen LogP contribution in [0.5, 0.6) is 5.75 Å². The number of pyridine rings is 1. The molecule has 0 N–H and O–H groups in total. The number of halogens is 3. The molecule has 0 aliphatic heterocycles. The number of hydrogen-bond acceptors (Lipinski definition) is 2. The van der Waals surface area contributed by atoms with Gasteiger partial charge in [-0.15, -0.1) is 0 Å². The van der Waals surface area contributed by atoms with Crippen molar-refractivity contribution in [2.45, 2.75) is 11.8 Å². The number of benzene rings is 1. The van der Waals surface area contributed by atoms with Gasteiger partial charge in [-0.1, -0.05) is 45.2 Å². The van der Waals surface area contributed by atoms with Crippen molar-refractivity contribution in [3.8, 4) is 5.75 Å². The molecule has 0 spiro atoms. The maximum atomic E-state index is 6.15. The molecular weight excluding hydrogens is 349 g/mol. The number of hydrogen-bond donors (Lipinski definition) is 0. The van der Waals surface area contributed by atoms with E-state index in [1.165, 1.54) is 0 Å². The van der Waals surface area contributed by atoms with Gasteiger partial charge in [-0.2, -0.15) is 0 Å². The SMILES string of the molecule is Clc1cc(Cl)c(OCCc2ccccn2)c(CBr)c1. The first-order valence-electron chi connectivity index (χ1n) is 5.77. The minimum Gasteiger partial charge on any atom is -0.491 e. The highest BCUT2D eigenvalue weighted by molar-refractivity contribution is 9.08. The summed E-state index contributed by atoms with van der Waals surface area (Å²) in [7, 11) is 0. The Kier molecular flexibility index (Phi) is 5.49. The summed E-state index contributed by atoms with van der Waals surface area (Å²) in [6.07, 6.45) is 2.51. The lowest BCUT2D eigenvalue weighted by molar-refractivity contribution is 0.318. The third-order valence-electron chi connectivity index (χ3n) is 2.56. The second kappa shape index (κ2) is 7.13. The number of ether oxygens (including phenoxy) is 1. The van der Waals surface area contributed by atoms with Crippen LogP contribution in [-0.2, 0) is 11.8 Å². The molecule has 0 saturated heterocycles. The first kappa shape index (κ1) is 14.6. The molecule has 0 bridgehead atoms. The number of alkyl halides is 1. The zero-order valence-electron chi connectivity index (χ0n) is 10.1. The van der Waals surface area contributed by atoms with E-state index in [9.17, 15) is 0 Å². The average Bonchev–Trinajstić information content (AvgIpc) is 2.42. The van der Waals surface area contributed by atoms with E-state index >= 15 is 0 Å². The lowest BCUT2D eigenvalue weighted by atomic mass is 10.2. The minimum atomic E-state index is 0.526. The molecule has 19 heavy (non-hydrogen) atoms. The van der Waals surface area contributed by atoms with Crippen molar-refractivity contribution in [3.63, 3.8) is 0 Å². The molecule has 1 heterocycles. The van der Waals surface area contributed by atoms with E-state index in [2.05, 4.69) is 20.9 Å². The molecule has 1 aromatic heterocycles.